The lowest BCUT2D eigenvalue weighted by atomic mass is 10.3. The summed E-state index contributed by atoms with van der Waals surface area (Å²) in [6.45, 7) is 5.43. The predicted octanol–water partition coefficient (Wildman–Crippen LogP) is 2.05. The zero-order chi connectivity index (χ0) is 18.8. The van der Waals surface area contributed by atoms with E-state index in [0.29, 0.717) is 11.1 Å². The average Bonchev–Trinajstić information content (AvgIpc) is 3.11. The van der Waals surface area contributed by atoms with Crippen molar-refractivity contribution in [2.24, 2.45) is 0 Å². The van der Waals surface area contributed by atoms with Gasteiger partial charge < -0.3 is 11.2 Å². The van der Waals surface area contributed by atoms with E-state index >= 15 is 0 Å². The number of aryl methyl sites for hydroxylation is 2. The summed E-state index contributed by atoms with van der Waals surface area (Å²) >= 11 is 1.12. The number of nitrogen functional groups attached to an aromatic ring is 1. The van der Waals surface area contributed by atoms with E-state index < -0.39 is 11.1 Å². The standard InChI is InChI=1S/C16H18FN7OS/c1-9-8-10(2)24(22-9)15-20-21-16(23(15)18)26-11(3)14(25)19-13-7-5-4-6-12(13)17/h4-8,11H,18H2,1-3H3,(H,19,25)/t11-/m0/s1. The number of anilines is 1. The minimum absolute atomic E-state index is 0.127. The van der Waals surface area contributed by atoms with Crippen molar-refractivity contribution >= 4 is 23.4 Å². The Morgan fingerprint density at radius 2 is 2.04 bits per heavy atom. The van der Waals surface area contributed by atoms with Gasteiger partial charge in [-0.1, -0.05) is 23.9 Å². The first-order valence-electron chi connectivity index (χ1n) is 7.83. The highest BCUT2D eigenvalue weighted by Gasteiger charge is 2.21. The van der Waals surface area contributed by atoms with Crippen LogP contribution in [-0.4, -0.2) is 35.8 Å². The lowest BCUT2D eigenvalue weighted by molar-refractivity contribution is -0.115. The average molecular weight is 375 g/mol. The van der Waals surface area contributed by atoms with Gasteiger partial charge in [0.1, 0.15) is 5.82 Å². The molecule has 3 aromatic rings. The number of carbonyl (C=O) groups excluding carboxylic acids is 1. The van der Waals surface area contributed by atoms with Crippen LogP contribution in [0.1, 0.15) is 18.3 Å². The molecule has 1 atom stereocenters. The van der Waals surface area contributed by atoms with E-state index in [1.165, 1.54) is 16.8 Å². The molecule has 3 rings (SSSR count). The van der Waals surface area contributed by atoms with Gasteiger partial charge in [0.15, 0.2) is 0 Å². The maximum atomic E-state index is 13.7. The van der Waals surface area contributed by atoms with Crippen molar-refractivity contribution in [1.82, 2.24) is 24.7 Å². The first-order chi connectivity index (χ1) is 12.4. The number of nitrogens with one attached hydrogen (secondary N) is 1. The van der Waals surface area contributed by atoms with Crippen molar-refractivity contribution in [3.63, 3.8) is 0 Å². The van der Waals surface area contributed by atoms with Crippen LogP contribution >= 0.6 is 11.8 Å². The SMILES string of the molecule is Cc1cc(C)n(-c2nnc(S[C@@H](C)C(=O)Nc3ccccc3F)n2N)n1. The van der Waals surface area contributed by atoms with Crippen LogP contribution in [0.2, 0.25) is 0 Å². The third-order valence-electron chi connectivity index (χ3n) is 3.63. The van der Waals surface area contributed by atoms with Gasteiger partial charge in [0, 0.05) is 5.69 Å². The molecule has 2 heterocycles. The minimum Gasteiger partial charge on any atom is -0.334 e. The third kappa shape index (κ3) is 3.54. The van der Waals surface area contributed by atoms with E-state index in [0.717, 1.165) is 23.1 Å². The number of nitrogens with two attached hydrogens (primary N) is 1. The van der Waals surface area contributed by atoms with E-state index in [4.69, 9.17) is 5.84 Å². The van der Waals surface area contributed by atoms with E-state index in [1.807, 2.05) is 19.9 Å². The summed E-state index contributed by atoms with van der Waals surface area (Å²) in [5, 5.41) is 14.7. The Labute approximate surface area is 153 Å². The maximum Gasteiger partial charge on any atom is 0.271 e. The highest BCUT2D eigenvalue weighted by molar-refractivity contribution is 8.00. The fraction of sp³-hybridized carbons (Fsp3) is 0.250. The van der Waals surface area contributed by atoms with Crippen LogP contribution in [-0.2, 0) is 4.79 Å². The molecule has 1 amide bonds. The maximum absolute atomic E-state index is 13.7. The fourth-order valence-electron chi connectivity index (χ4n) is 2.33. The summed E-state index contributed by atoms with van der Waals surface area (Å²) in [4.78, 5) is 12.3. The zero-order valence-electron chi connectivity index (χ0n) is 14.5. The quantitative estimate of drug-likeness (QED) is 0.523. The van der Waals surface area contributed by atoms with Crippen molar-refractivity contribution in [3.8, 4) is 5.95 Å². The number of thioether (sulfide) groups is 1. The van der Waals surface area contributed by atoms with Gasteiger partial charge in [0.25, 0.3) is 5.95 Å². The lowest BCUT2D eigenvalue weighted by Crippen LogP contribution is -2.24. The molecular weight excluding hydrogens is 357 g/mol. The van der Waals surface area contributed by atoms with Gasteiger partial charge >= 0.3 is 0 Å². The number of hydrogen-bond donors (Lipinski definition) is 2. The molecule has 0 spiro atoms. The summed E-state index contributed by atoms with van der Waals surface area (Å²) in [6.07, 6.45) is 0. The van der Waals surface area contributed by atoms with Crippen LogP contribution in [0.5, 0.6) is 0 Å². The largest absolute Gasteiger partial charge is 0.334 e. The van der Waals surface area contributed by atoms with Gasteiger partial charge in [-0.25, -0.2) is 13.7 Å². The van der Waals surface area contributed by atoms with Crippen LogP contribution in [0.15, 0.2) is 35.5 Å². The van der Waals surface area contributed by atoms with Gasteiger partial charge in [0.2, 0.25) is 11.1 Å². The second-order valence-electron chi connectivity index (χ2n) is 5.72. The van der Waals surface area contributed by atoms with Gasteiger partial charge in [-0.2, -0.15) is 5.10 Å². The van der Waals surface area contributed by atoms with E-state index in [2.05, 4.69) is 20.6 Å². The monoisotopic (exact) mass is 375 g/mol. The molecule has 0 saturated heterocycles. The Kier molecular flexibility index (Phi) is 4.94. The molecule has 0 aliphatic rings. The number of halogens is 1. The summed E-state index contributed by atoms with van der Waals surface area (Å²) in [5.41, 5.74) is 1.82. The number of hydrogen-bond acceptors (Lipinski definition) is 6. The van der Waals surface area contributed by atoms with E-state index in [1.54, 1.807) is 23.7 Å². The number of carbonyl (C=O) groups is 1. The number of rotatable bonds is 5. The molecule has 3 N–H and O–H groups in total. The first-order valence-corrected chi connectivity index (χ1v) is 8.71. The Bertz CT molecular complexity index is 952. The first kappa shape index (κ1) is 17.9. The van der Waals surface area contributed by atoms with Crippen LogP contribution in [0.3, 0.4) is 0 Å². The Morgan fingerprint density at radius 3 is 2.69 bits per heavy atom. The van der Waals surface area contributed by atoms with Gasteiger partial charge in [-0.05, 0) is 39.0 Å². The Balaban J connectivity index is 1.74. The molecule has 0 aliphatic heterocycles. The summed E-state index contributed by atoms with van der Waals surface area (Å²) in [6, 6.07) is 7.88. The number of benzene rings is 1. The van der Waals surface area contributed by atoms with Crippen molar-refractivity contribution in [3.05, 3.63) is 47.5 Å². The number of aromatic nitrogens is 5. The number of amides is 1. The molecule has 0 saturated carbocycles. The van der Waals surface area contributed by atoms with Gasteiger partial charge in [-0.15, -0.1) is 10.2 Å². The number of nitrogens with zero attached hydrogens (tertiary/aromatic N) is 5. The minimum atomic E-state index is -0.561. The molecule has 0 bridgehead atoms. The fourth-order valence-corrected chi connectivity index (χ4v) is 3.10. The highest BCUT2D eigenvalue weighted by Crippen LogP contribution is 2.23. The zero-order valence-corrected chi connectivity index (χ0v) is 15.3. The second-order valence-corrected chi connectivity index (χ2v) is 7.03. The van der Waals surface area contributed by atoms with Crippen molar-refractivity contribution in [2.75, 3.05) is 11.2 Å². The molecule has 26 heavy (non-hydrogen) atoms. The van der Waals surface area contributed by atoms with Crippen LogP contribution in [0, 0.1) is 19.7 Å². The summed E-state index contributed by atoms with van der Waals surface area (Å²) in [7, 11) is 0. The summed E-state index contributed by atoms with van der Waals surface area (Å²) in [5.74, 6) is 5.55. The molecule has 0 fully saturated rings. The normalized spacial score (nSPS) is 12.2. The van der Waals surface area contributed by atoms with E-state index in [9.17, 15) is 9.18 Å². The van der Waals surface area contributed by atoms with Gasteiger partial charge in [0.05, 0.1) is 16.6 Å². The second kappa shape index (κ2) is 7.16. The predicted molar refractivity (Wildman–Crippen MR) is 97.1 cm³/mol. The van der Waals surface area contributed by atoms with Crippen LogP contribution < -0.4 is 11.2 Å². The Morgan fingerprint density at radius 1 is 1.31 bits per heavy atom. The molecule has 1 aromatic carbocycles. The summed E-state index contributed by atoms with van der Waals surface area (Å²) < 4.78 is 16.5. The van der Waals surface area contributed by atoms with Crippen molar-refractivity contribution in [2.45, 2.75) is 31.2 Å². The molecule has 0 radical (unpaired) electrons. The highest BCUT2D eigenvalue weighted by atomic mass is 32.2. The molecule has 2 aromatic heterocycles. The smallest absolute Gasteiger partial charge is 0.271 e. The lowest BCUT2D eigenvalue weighted by Gasteiger charge is -2.12. The van der Waals surface area contributed by atoms with Crippen LogP contribution in [0.25, 0.3) is 5.95 Å². The molecule has 136 valence electrons. The molecule has 0 unspecified atom stereocenters. The Hall–Kier alpha value is -2.88. The third-order valence-corrected chi connectivity index (χ3v) is 4.69. The molecular formula is C16H18FN7OS. The van der Waals surface area contributed by atoms with E-state index in [-0.39, 0.29) is 11.6 Å². The molecule has 8 nitrogen and oxygen atoms in total. The topological polar surface area (TPSA) is 104 Å². The molecule has 0 aliphatic carbocycles. The van der Waals surface area contributed by atoms with Gasteiger partial charge in [-0.3, -0.25) is 4.79 Å². The number of para-hydroxylation sites is 1. The molecule has 10 heteroatoms. The van der Waals surface area contributed by atoms with Crippen molar-refractivity contribution in [1.29, 1.82) is 0 Å². The van der Waals surface area contributed by atoms with Crippen LogP contribution in [0.4, 0.5) is 10.1 Å². The van der Waals surface area contributed by atoms with Crippen molar-refractivity contribution < 1.29 is 9.18 Å².